The van der Waals surface area contributed by atoms with Crippen molar-refractivity contribution in [2.45, 2.75) is 38.5 Å². The van der Waals surface area contributed by atoms with Crippen LogP contribution >= 0.6 is 0 Å². The molecule has 33 heavy (non-hydrogen) atoms. The van der Waals surface area contributed by atoms with E-state index in [0.717, 1.165) is 42.8 Å². The SMILES string of the molecule is CCOC(=O)c1cccnc1CN1CCC(OC(c2ccccc2)c2ccc(F)cc2)CC1. The molecule has 2 heterocycles. The number of carbonyl (C=O) groups excluding carboxylic acids is 1. The first-order chi connectivity index (χ1) is 16.1. The lowest BCUT2D eigenvalue weighted by molar-refractivity contribution is -0.0283. The summed E-state index contributed by atoms with van der Waals surface area (Å²) >= 11 is 0. The van der Waals surface area contributed by atoms with Crippen molar-refractivity contribution < 1.29 is 18.7 Å². The van der Waals surface area contributed by atoms with Crippen LogP contribution in [0.4, 0.5) is 4.39 Å². The summed E-state index contributed by atoms with van der Waals surface area (Å²) < 4.78 is 25.2. The van der Waals surface area contributed by atoms with E-state index in [1.807, 2.05) is 30.3 Å². The largest absolute Gasteiger partial charge is 0.462 e. The van der Waals surface area contributed by atoms with Gasteiger partial charge in [0, 0.05) is 25.8 Å². The van der Waals surface area contributed by atoms with Crippen molar-refractivity contribution in [1.82, 2.24) is 9.88 Å². The molecule has 0 bridgehead atoms. The number of rotatable bonds is 8. The Kier molecular flexibility index (Phi) is 7.81. The first-order valence-corrected chi connectivity index (χ1v) is 11.4. The molecule has 0 saturated carbocycles. The Balaban J connectivity index is 1.40. The van der Waals surface area contributed by atoms with Crippen molar-refractivity contribution >= 4 is 5.97 Å². The van der Waals surface area contributed by atoms with Crippen LogP contribution in [0.1, 0.15) is 53.0 Å². The van der Waals surface area contributed by atoms with Gasteiger partial charge in [0.05, 0.1) is 24.0 Å². The number of aromatic nitrogens is 1. The van der Waals surface area contributed by atoms with Crippen LogP contribution in [0.2, 0.25) is 0 Å². The molecule has 2 aromatic carbocycles. The zero-order chi connectivity index (χ0) is 23.0. The minimum absolute atomic E-state index is 0.0877. The number of hydrogen-bond donors (Lipinski definition) is 0. The molecule has 0 aliphatic carbocycles. The van der Waals surface area contributed by atoms with E-state index in [-0.39, 0.29) is 24.0 Å². The van der Waals surface area contributed by atoms with E-state index in [9.17, 15) is 9.18 Å². The lowest BCUT2D eigenvalue weighted by Crippen LogP contribution is -2.37. The number of hydrogen-bond acceptors (Lipinski definition) is 5. The predicted octanol–water partition coefficient (Wildman–Crippen LogP) is 5.17. The number of halogens is 1. The molecule has 0 N–H and O–H groups in total. The number of benzene rings is 2. The average Bonchev–Trinajstić information content (AvgIpc) is 2.85. The van der Waals surface area contributed by atoms with E-state index in [4.69, 9.17) is 9.47 Å². The molecule has 1 fully saturated rings. The Morgan fingerprint density at radius 3 is 2.42 bits per heavy atom. The number of esters is 1. The van der Waals surface area contributed by atoms with Gasteiger partial charge in [-0.3, -0.25) is 9.88 Å². The van der Waals surface area contributed by atoms with Crippen molar-refractivity contribution in [2.24, 2.45) is 0 Å². The molecular formula is C27H29FN2O3. The van der Waals surface area contributed by atoms with Gasteiger partial charge in [-0.15, -0.1) is 0 Å². The molecule has 172 valence electrons. The van der Waals surface area contributed by atoms with Crippen molar-refractivity contribution in [1.29, 1.82) is 0 Å². The van der Waals surface area contributed by atoms with Crippen LogP contribution in [0.3, 0.4) is 0 Å². The Bertz CT molecular complexity index is 1030. The summed E-state index contributed by atoms with van der Waals surface area (Å²) in [6.45, 7) is 4.42. The van der Waals surface area contributed by atoms with Gasteiger partial charge in [-0.05, 0) is 55.2 Å². The molecule has 0 radical (unpaired) electrons. The number of likely N-dealkylation sites (tertiary alicyclic amines) is 1. The molecule has 1 aliphatic rings. The lowest BCUT2D eigenvalue weighted by atomic mass is 10.00. The van der Waals surface area contributed by atoms with Crippen LogP contribution in [-0.4, -0.2) is 41.7 Å². The standard InChI is InChI=1S/C27H29FN2O3/c1-2-32-27(31)24-9-6-16-29-25(24)19-30-17-14-23(15-18-30)33-26(20-7-4-3-5-8-20)21-10-12-22(28)13-11-21/h3-13,16,23,26H,2,14-15,17-19H2,1H3. The van der Waals surface area contributed by atoms with Gasteiger partial charge in [-0.2, -0.15) is 0 Å². The second kappa shape index (κ2) is 11.2. The van der Waals surface area contributed by atoms with E-state index in [1.54, 1.807) is 37.4 Å². The van der Waals surface area contributed by atoms with Gasteiger partial charge in [0.1, 0.15) is 11.9 Å². The third kappa shape index (κ3) is 6.03. The summed E-state index contributed by atoms with van der Waals surface area (Å²) in [7, 11) is 0. The van der Waals surface area contributed by atoms with Gasteiger partial charge in [0.15, 0.2) is 0 Å². The van der Waals surface area contributed by atoms with E-state index < -0.39 is 0 Å². The quantitative estimate of drug-likeness (QED) is 0.445. The maximum atomic E-state index is 13.5. The first kappa shape index (κ1) is 23.1. The van der Waals surface area contributed by atoms with Crippen molar-refractivity contribution in [3.8, 4) is 0 Å². The lowest BCUT2D eigenvalue weighted by Gasteiger charge is -2.34. The Morgan fingerprint density at radius 1 is 1.03 bits per heavy atom. The highest BCUT2D eigenvalue weighted by Crippen LogP contribution is 2.30. The van der Waals surface area contributed by atoms with Crippen LogP contribution in [0, 0.1) is 5.82 Å². The van der Waals surface area contributed by atoms with Gasteiger partial charge < -0.3 is 9.47 Å². The summed E-state index contributed by atoms with van der Waals surface area (Å²) in [5, 5.41) is 0. The number of nitrogens with zero attached hydrogens (tertiary/aromatic N) is 2. The molecule has 6 heteroatoms. The molecular weight excluding hydrogens is 419 g/mol. The second-order valence-corrected chi connectivity index (χ2v) is 8.17. The Hall–Kier alpha value is -3.09. The van der Waals surface area contributed by atoms with Crippen LogP contribution in [0.5, 0.6) is 0 Å². The van der Waals surface area contributed by atoms with E-state index in [0.29, 0.717) is 18.7 Å². The monoisotopic (exact) mass is 448 g/mol. The van der Waals surface area contributed by atoms with Crippen molar-refractivity contribution in [3.63, 3.8) is 0 Å². The summed E-state index contributed by atoms with van der Waals surface area (Å²) in [4.78, 5) is 19.0. The number of carbonyl (C=O) groups is 1. The Morgan fingerprint density at radius 2 is 1.73 bits per heavy atom. The fourth-order valence-corrected chi connectivity index (χ4v) is 4.18. The summed E-state index contributed by atoms with van der Waals surface area (Å²) in [6, 6.07) is 20.1. The molecule has 4 rings (SSSR count). The molecule has 3 aromatic rings. The molecule has 1 aliphatic heterocycles. The fraction of sp³-hybridized carbons (Fsp3) is 0.333. The summed E-state index contributed by atoms with van der Waals surface area (Å²) in [6.07, 6.45) is 3.29. The highest BCUT2D eigenvalue weighted by atomic mass is 19.1. The van der Waals surface area contributed by atoms with Gasteiger partial charge >= 0.3 is 5.97 Å². The highest BCUT2D eigenvalue weighted by molar-refractivity contribution is 5.90. The van der Waals surface area contributed by atoms with Crippen LogP contribution < -0.4 is 0 Å². The van der Waals surface area contributed by atoms with Gasteiger partial charge in [0.25, 0.3) is 0 Å². The smallest absolute Gasteiger partial charge is 0.340 e. The van der Waals surface area contributed by atoms with Crippen molar-refractivity contribution in [3.05, 3.63) is 101 Å². The molecule has 1 unspecified atom stereocenters. The maximum absolute atomic E-state index is 13.5. The third-order valence-electron chi connectivity index (χ3n) is 5.90. The topological polar surface area (TPSA) is 51.7 Å². The number of ether oxygens (including phenoxy) is 2. The molecule has 5 nitrogen and oxygen atoms in total. The Labute approximate surface area is 194 Å². The van der Waals surface area contributed by atoms with Crippen molar-refractivity contribution in [2.75, 3.05) is 19.7 Å². The highest BCUT2D eigenvalue weighted by Gasteiger charge is 2.26. The fourth-order valence-electron chi connectivity index (χ4n) is 4.18. The molecule has 1 saturated heterocycles. The molecule has 0 amide bonds. The summed E-state index contributed by atoms with van der Waals surface area (Å²) in [5.74, 6) is -0.584. The predicted molar refractivity (Wildman–Crippen MR) is 124 cm³/mol. The van der Waals surface area contributed by atoms with Gasteiger partial charge in [-0.1, -0.05) is 42.5 Å². The van der Waals surface area contributed by atoms with Crippen LogP contribution in [-0.2, 0) is 16.0 Å². The first-order valence-electron chi connectivity index (χ1n) is 11.4. The molecule has 0 spiro atoms. The van der Waals surface area contributed by atoms with Crippen LogP contribution in [0.15, 0.2) is 72.9 Å². The maximum Gasteiger partial charge on any atom is 0.340 e. The minimum Gasteiger partial charge on any atom is -0.462 e. The van der Waals surface area contributed by atoms with E-state index in [1.165, 1.54) is 12.1 Å². The van der Waals surface area contributed by atoms with Crippen LogP contribution in [0.25, 0.3) is 0 Å². The van der Waals surface area contributed by atoms with E-state index in [2.05, 4.69) is 9.88 Å². The summed E-state index contributed by atoms with van der Waals surface area (Å²) in [5.41, 5.74) is 3.26. The van der Waals surface area contributed by atoms with E-state index >= 15 is 0 Å². The average molecular weight is 449 g/mol. The molecule has 1 aromatic heterocycles. The molecule has 1 atom stereocenters. The zero-order valence-corrected chi connectivity index (χ0v) is 18.8. The normalized spacial score (nSPS) is 15.8. The second-order valence-electron chi connectivity index (χ2n) is 8.17. The third-order valence-corrected chi connectivity index (χ3v) is 5.90. The minimum atomic E-state index is -0.330. The van der Waals surface area contributed by atoms with Gasteiger partial charge in [-0.25, -0.2) is 9.18 Å². The number of pyridine rings is 1. The van der Waals surface area contributed by atoms with Gasteiger partial charge in [0.2, 0.25) is 0 Å². The zero-order valence-electron chi connectivity index (χ0n) is 18.8. The number of piperidine rings is 1.